The predicted molar refractivity (Wildman–Crippen MR) is 78.5 cm³/mol. The highest BCUT2D eigenvalue weighted by Crippen LogP contribution is 2.29. The van der Waals surface area contributed by atoms with E-state index < -0.39 is 0 Å². The second kappa shape index (κ2) is 4.82. The van der Waals surface area contributed by atoms with Crippen molar-refractivity contribution in [3.05, 3.63) is 40.1 Å². The molecular weight excluding hydrogens is 320 g/mol. The molecule has 7 heteroatoms. The van der Waals surface area contributed by atoms with Crippen molar-refractivity contribution >= 4 is 15.9 Å². The van der Waals surface area contributed by atoms with Gasteiger partial charge in [0.05, 0.1) is 24.5 Å². The van der Waals surface area contributed by atoms with Gasteiger partial charge in [-0.3, -0.25) is 0 Å². The summed E-state index contributed by atoms with van der Waals surface area (Å²) < 4.78 is 2.66. The topological polar surface area (TPSA) is 61.4 Å². The summed E-state index contributed by atoms with van der Waals surface area (Å²) in [5.41, 5.74) is 4.27. The molecule has 0 radical (unpaired) electrons. The van der Waals surface area contributed by atoms with E-state index in [0.29, 0.717) is 5.82 Å². The van der Waals surface area contributed by atoms with Crippen LogP contribution in [0.25, 0.3) is 17.1 Å². The third-order valence-corrected chi connectivity index (χ3v) is 4.03. The number of aromatic nitrogens is 6. The quantitative estimate of drug-likeness (QED) is 0.723. The molecule has 0 saturated carbocycles. The highest BCUT2D eigenvalue weighted by Gasteiger charge is 2.16. The molecule has 0 aliphatic heterocycles. The molecule has 0 atom stereocenters. The van der Waals surface area contributed by atoms with Gasteiger partial charge in [-0.05, 0) is 52.2 Å². The normalized spacial score (nSPS) is 11.0. The van der Waals surface area contributed by atoms with Crippen LogP contribution in [-0.2, 0) is 7.05 Å². The van der Waals surface area contributed by atoms with Crippen LogP contribution < -0.4 is 0 Å². The molecule has 0 aliphatic carbocycles. The van der Waals surface area contributed by atoms with Crippen molar-refractivity contribution in [1.29, 1.82) is 0 Å². The second-order valence-corrected chi connectivity index (χ2v) is 5.33. The number of nitrogens with zero attached hydrogens (tertiary/aromatic N) is 6. The van der Waals surface area contributed by atoms with E-state index in [1.807, 2.05) is 16.8 Å². The largest absolute Gasteiger partial charge is 0.226 e. The molecule has 0 saturated heterocycles. The van der Waals surface area contributed by atoms with Crippen molar-refractivity contribution < 1.29 is 0 Å². The van der Waals surface area contributed by atoms with Crippen LogP contribution in [0.5, 0.6) is 0 Å². The molecule has 3 rings (SSSR count). The Morgan fingerprint density at radius 1 is 1.20 bits per heavy atom. The zero-order chi connectivity index (χ0) is 14.3. The van der Waals surface area contributed by atoms with Crippen LogP contribution in [0.1, 0.15) is 11.1 Å². The zero-order valence-corrected chi connectivity index (χ0v) is 13.0. The molecule has 0 fully saturated rings. The van der Waals surface area contributed by atoms with Gasteiger partial charge in [0.25, 0.3) is 0 Å². The van der Waals surface area contributed by atoms with E-state index in [2.05, 4.69) is 56.4 Å². The van der Waals surface area contributed by atoms with E-state index in [-0.39, 0.29) is 0 Å². The van der Waals surface area contributed by atoms with Crippen molar-refractivity contribution in [1.82, 2.24) is 30.0 Å². The number of benzene rings is 1. The molecule has 6 nitrogen and oxygen atoms in total. The maximum atomic E-state index is 4.43. The van der Waals surface area contributed by atoms with Crippen LogP contribution in [0.15, 0.2) is 29.0 Å². The first-order valence-corrected chi connectivity index (χ1v) is 6.91. The average Bonchev–Trinajstić information content (AvgIpc) is 2.99. The van der Waals surface area contributed by atoms with Gasteiger partial charge < -0.3 is 0 Å². The highest BCUT2D eigenvalue weighted by atomic mass is 79.9. The minimum Gasteiger partial charge on any atom is -0.226 e. The second-order valence-electron chi connectivity index (χ2n) is 4.58. The van der Waals surface area contributed by atoms with Gasteiger partial charge in [0.15, 0.2) is 0 Å². The van der Waals surface area contributed by atoms with Crippen LogP contribution in [0.4, 0.5) is 0 Å². The van der Waals surface area contributed by atoms with Gasteiger partial charge in [0.1, 0.15) is 4.60 Å². The van der Waals surface area contributed by atoms with Crippen LogP contribution in [-0.4, -0.2) is 30.0 Å². The van der Waals surface area contributed by atoms with E-state index >= 15 is 0 Å². The summed E-state index contributed by atoms with van der Waals surface area (Å²) in [5.74, 6) is 0.552. The third kappa shape index (κ3) is 2.03. The SMILES string of the molecule is Cc1cccc(-n2ncc(-c3nnn(C)n3)c2Br)c1C. The van der Waals surface area contributed by atoms with Crippen LogP contribution in [0.3, 0.4) is 0 Å². The van der Waals surface area contributed by atoms with Crippen molar-refractivity contribution in [2.24, 2.45) is 7.05 Å². The van der Waals surface area contributed by atoms with E-state index in [9.17, 15) is 0 Å². The number of halogens is 1. The summed E-state index contributed by atoms with van der Waals surface area (Å²) in [6, 6.07) is 6.14. The Bertz CT molecular complexity index is 773. The van der Waals surface area contributed by atoms with Gasteiger partial charge >= 0.3 is 0 Å². The Labute approximate surface area is 124 Å². The zero-order valence-electron chi connectivity index (χ0n) is 11.4. The Hall–Kier alpha value is -2.02. The van der Waals surface area contributed by atoms with Gasteiger partial charge in [-0.2, -0.15) is 9.90 Å². The fraction of sp³-hybridized carbons (Fsp3) is 0.231. The molecule has 3 aromatic rings. The summed E-state index contributed by atoms with van der Waals surface area (Å²) in [7, 11) is 1.74. The molecule has 2 aromatic heterocycles. The van der Waals surface area contributed by atoms with Crippen molar-refractivity contribution in [3.63, 3.8) is 0 Å². The highest BCUT2D eigenvalue weighted by molar-refractivity contribution is 9.10. The molecule has 0 spiro atoms. The Kier molecular flexibility index (Phi) is 3.13. The molecular formula is C13H13BrN6. The fourth-order valence-corrected chi connectivity index (χ4v) is 2.57. The molecule has 0 unspecified atom stereocenters. The monoisotopic (exact) mass is 332 g/mol. The lowest BCUT2D eigenvalue weighted by atomic mass is 10.1. The average molecular weight is 333 g/mol. The van der Waals surface area contributed by atoms with Crippen molar-refractivity contribution in [3.8, 4) is 17.1 Å². The predicted octanol–water partition coefficient (Wildman–Crippen LogP) is 2.44. The number of tetrazole rings is 1. The van der Waals surface area contributed by atoms with Gasteiger partial charge in [-0.15, -0.1) is 10.2 Å². The van der Waals surface area contributed by atoms with Crippen LogP contribution in [0, 0.1) is 13.8 Å². The molecule has 0 aliphatic rings. The lowest BCUT2D eigenvalue weighted by Crippen LogP contribution is -2.00. The summed E-state index contributed by atoms with van der Waals surface area (Å²) in [4.78, 5) is 1.43. The number of rotatable bonds is 2. The molecule has 0 bridgehead atoms. The number of aryl methyl sites for hydroxylation is 2. The molecule has 0 amide bonds. The van der Waals surface area contributed by atoms with Gasteiger partial charge in [-0.1, -0.05) is 12.1 Å². The Morgan fingerprint density at radius 3 is 2.70 bits per heavy atom. The molecule has 2 heterocycles. The lowest BCUT2D eigenvalue weighted by Gasteiger charge is -2.09. The molecule has 0 N–H and O–H groups in total. The maximum Gasteiger partial charge on any atom is 0.209 e. The third-order valence-electron chi connectivity index (χ3n) is 3.26. The van der Waals surface area contributed by atoms with E-state index in [1.165, 1.54) is 15.9 Å². The summed E-state index contributed by atoms with van der Waals surface area (Å²) in [6.07, 6.45) is 1.74. The van der Waals surface area contributed by atoms with Gasteiger partial charge in [-0.25, -0.2) is 4.68 Å². The Balaban J connectivity index is 2.13. The van der Waals surface area contributed by atoms with E-state index in [0.717, 1.165) is 15.9 Å². The molecule has 102 valence electrons. The van der Waals surface area contributed by atoms with E-state index in [1.54, 1.807) is 13.2 Å². The molecule has 20 heavy (non-hydrogen) atoms. The van der Waals surface area contributed by atoms with Crippen LogP contribution in [0.2, 0.25) is 0 Å². The summed E-state index contributed by atoms with van der Waals surface area (Å²) in [6.45, 7) is 4.17. The Morgan fingerprint density at radius 2 is 2.00 bits per heavy atom. The number of hydrogen-bond donors (Lipinski definition) is 0. The van der Waals surface area contributed by atoms with Crippen LogP contribution >= 0.6 is 15.9 Å². The maximum absolute atomic E-state index is 4.43. The minimum absolute atomic E-state index is 0.552. The summed E-state index contributed by atoms with van der Waals surface area (Å²) >= 11 is 3.58. The lowest BCUT2D eigenvalue weighted by molar-refractivity contribution is 0.630. The summed E-state index contributed by atoms with van der Waals surface area (Å²) in [5, 5.41) is 16.5. The van der Waals surface area contributed by atoms with Gasteiger partial charge in [0, 0.05) is 0 Å². The number of hydrogen-bond acceptors (Lipinski definition) is 4. The first-order valence-electron chi connectivity index (χ1n) is 6.12. The molecule has 1 aromatic carbocycles. The van der Waals surface area contributed by atoms with Crippen molar-refractivity contribution in [2.45, 2.75) is 13.8 Å². The first kappa shape index (κ1) is 13.0. The van der Waals surface area contributed by atoms with E-state index in [4.69, 9.17) is 0 Å². The minimum atomic E-state index is 0.552. The standard InChI is InChI=1S/C13H13BrN6/c1-8-5-4-6-11(9(8)2)20-12(14)10(7-15-20)13-16-18-19(3)17-13/h4-7H,1-3H3. The first-order chi connectivity index (χ1) is 9.58. The van der Waals surface area contributed by atoms with Crippen molar-refractivity contribution in [2.75, 3.05) is 0 Å². The fourth-order valence-electron chi connectivity index (χ4n) is 2.01. The smallest absolute Gasteiger partial charge is 0.209 e. The van der Waals surface area contributed by atoms with Gasteiger partial charge in [0.2, 0.25) is 5.82 Å².